The van der Waals surface area contributed by atoms with Crippen LogP contribution < -0.4 is 4.90 Å². The van der Waals surface area contributed by atoms with Gasteiger partial charge in [0.1, 0.15) is 17.0 Å². The van der Waals surface area contributed by atoms with E-state index in [-0.39, 0.29) is 11.9 Å². The fraction of sp³-hybridized carbons (Fsp3) is 0.269. The van der Waals surface area contributed by atoms with Crippen molar-refractivity contribution in [1.82, 2.24) is 29.6 Å². The number of aromatic nitrogens is 5. The lowest BCUT2D eigenvalue weighted by atomic mass is 10.1. The maximum absolute atomic E-state index is 13.8. The number of rotatable bonds is 4. The van der Waals surface area contributed by atoms with E-state index >= 15 is 0 Å². The molecule has 0 atom stereocenters. The maximum atomic E-state index is 13.8. The maximum Gasteiger partial charge on any atom is 0.254 e. The molecule has 0 aliphatic carbocycles. The average molecular weight is 484 g/mol. The highest BCUT2D eigenvalue weighted by molar-refractivity contribution is 7.16. The first-order chi connectivity index (χ1) is 17.1. The molecule has 9 heteroatoms. The molecule has 1 amide bonds. The van der Waals surface area contributed by atoms with Gasteiger partial charge in [0, 0.05) is 37.8 Å². The monoisotopic (exact) mass is 483 g/mol. The molecule has 0 unspecified atom stereocenters. The number of anilines is 1. The van der Waals surface area contributed by atoms with Gasteiger partial charge in [-0.3, -0.25) is 4.79 Å². The van der Waals surface area contributed by atoms with Crippen LogP contribution in [0.3, 0.4) is 0 Å². The van der Waals surface area contributed by atoms with Crippen LogP contribution in [-0.4, -0.2) is 61.7 Å². The lowest BCUT2D eigenvalue weighted by Crippen LogP contribution is -2.49. The van der Waals surface area contributed by atoms with Crippen molar-refractivity contribution in [3.8, 4) is 11.3 Å². The zero-order valence-corrected chi connectivity index (χ0v) is 20.4. The third kappa shape index (κ3) is 3.81. The first-order valence-corrected chi connectivity index (χ1v) is 12.6. The summed E-state index contributed by atoms with van der Waals surface area (Å²) in [6.45, 7) is 6.83. The minimum absolute atomic E-state index is 0.0147. The quantitative estimate of drug-likeness (QED) is 0.370. The van der Waals surface area contributed by atoms with E-state index < -0.39 is 0 Å². The first kappa shape index (κ1) is 21.7. The molecule has 5 heterocycles. The van der Waals surface area contributed by atoms with Crippen molar-refractivity contribution < 1.29 is 4.79 Å². The van der Waals surface area contributed by atoms with Crippen LogP contribution in [0.25, 0.3) is 32.5 Å². The standard InChI is InChI=1S/C26H25N7OS/c1-17(2)33-24-21(15-29-33)20(14-22(30-24)18-6-4-3-5-7-18)26(34)32-11-9-31(10-12-32)23-19-8-13-35-25(19)28-16-27-23/h3-8,13-17H,9-12H2,1-2H3. The predicted octanol–water partition coefficient (Wildman–Crippen LogP) is 4.65. The largest absolute Gasteiger partial charge is 0.352 e. The van der Waals surface area contributed by atoms with Gasteiger partial charge >= 0.3 is 0 Å². The number of pyridine rings is 1. The fourth-order valence-corrected chi connectivity index (χ4v) is 5.38. The number of amides is 1. The summed E-state index contributed by atoms with van der Waals surface area (Å²) in [5.74, 6) is 0.958. The van der Waals surface area contributed by atoms with Gasteiger partial charge in [0.2, 0.25) is 0 Å². The summed E-state index contributed by atoms with van der Waals surface area (Å²) in [5.41, 5.74) is 3.15. The van der Waals surface area contributed by atoms with E-state index in [1.807, 2.05) is 51.4 Å². The molecule has 0 spiro atoms. The zero-order chi connectivity index (χ0) is 23.9. The molecule has 4 aromatic heterocycles. The highest BCUT2D eigenvalue weighted by Gasteiger charge is 2.27. The van der Waals surface area contributed by atoms with E-state index in [0.717, 1.165) is 51.4 Å². The molecule has 176 valence electrons. The molecule has 0 radical (unpaired) electrons. The molecule has 0 bridgehead atoms. The third-order valence-electron chi connectivity index (χ3n) is 6.46. The summed E-state index contributed by atoms with van der Waals surface area (Å²) in [7, 11) is 0. The van der Waals surface area contributed by atoms with Gasteiger partial charge in [-0.2, -0.15) is 5.10 Å². The van der Waals surface area contributed by atoms with Crippen molar-refractivity contribution in [2.45, 2.75) is 19.9 Å². The van der Waals surface area contributed by atoms with E-state index in [0.29, 0.717) is 18.7 Å². The molecular formula is C26H25N7OS. The highest BCUT2D eigenvalue weighted by Crippen LogP contribution is 2.29. The number of piperazine rings is 1. The van der Waals surface area contributed by atoms with Crippen LogP contribution in [0, 0.1) is 0 Å². The summed E-state index contributed by atoms with van der Waals surface area (Å²) >= 11 is 1.62. The number of benzene rings is 1. The smallest absolute Gasteiger partial charge is 0.254 e. The number of hydrogen-bond acceptors (Lipinski definition) is 7. The van der Waals surface area contributed by atoms with Crippen molar-refractivity contribution in [1.29, 1.82) is 0 Å². The Morgan fingerprint density at radius 2 is 1.80 bits per heavy atom. The summed E-state index contributed by atoms with van der Waals surface area (Å²) in [5, 5.41) is 8.46. The molecule has 6 rings (SSSR count). The summed E-state index contributed by atoms with van der Waals surface area (Å²) in [6.07, 6.45) is 3.39. The van der Waals surface area contributed by atoms with Gasteiger partial charge in [0.05, 0.1) is 28.2 Å². The van der Waals surface area contributed by atoms with E-state index in [9.17, 15) is 4.79 Å². The van der Waals surface area contributed by atoms with Crippen molar-refractivity contribution in [2.75, 3.05) is 31.1 Å². The van der Waals surface area contributed by atoms with Crippen LogP contribution in [0.4, 0.5) is 5.82 Å². The molecule has 1 fully saturated rings. The Labute approximate surface area is 206 Å². The lowest BCUT2D eigenvalue weighted by Gasteiger charge is -2.35. The van der Waals surface area contributed by atoms with Gasteiger partial charge in [-0.15, -0.1) is 11.3 Å². The fourth-order valence-electron chi connectivity index (χ4n) is 4.65. The minimum atomic E-state index is 0.0147. The van der Waals surface area contributed by atoms with Crippen molar-refractivity contribution >= 4 is 44.3 Å². The predicted molar refractivity (Wildman–Crippen MR) is 139 cm³/mol. The number of carbonyl (C=O) groups excluding carboxylic acids is 1. The number of hydrogen-bond donors (Lipinski definition) is 0. The van der Waals surface area contributed by atoms with Gasteiger partial charge in [-0.1, -0.05) is 30.3 Å². The highest BCUT2D eigenvalue weighted by atomic mass is 32.1. The number of thiophene rings is 1. The van der Waals surface area contributed by atoms with Crippen LogP contribution in [0.15, 0.2) is 60.4 Å². The van der Waals surface area contributed by atoms with Gasteiger partial charge < -0.3 is 9.80 Å². The van der Waals surface area contributed by atoms with Gasteiger partial charge in [0.15, 0.2) is 5.65 Å². The Hall–Kier alpha value is -3.85. The third-order valence-corrected chi connectivity index (χ3v) is 7.28. The van der Waals surface area contributed by atoms with Crippen LogP contribution in [0.1, 0.15) is 30.2 Å². The van der Waals surface area contributed by atoms with Crippen molar-refractivity contribution in [3.05, 3.63) is 65.9 Å². The Kier molecular flexibility index (Phi) is 5.41. The van der Waals surface area contributed by atoms with Crippen LogP contribution >= 0.6 is 11.3 Å². The molecule has 0 N–H and O–H groups in total. The lowest BCUT2D eigenvalue weighted by molar-refractivity contribution is 0.0748. The SMILES string of the molecule is CC(C)n1ncc2c(C(=O)N3CCN(c4ncnc5sccc45)CC3)cc(-c3ccccc3)nc21. The second-order valence-electron chi connectivity index (χ2n) is 8.96. The normalized spacial score (nSPS) is 14.4. The number of nitrogens with zero attached hydrogens (tertiary/aromatic N) is 7. The molecule has 8 nitrogen and oxygen atoms in total. The molecule has 35 heavy (non-hydrogen) atoms. The Balaban J connectivity index is 1.32. The topological polar surface area (TPSA) is 80.0 Å². The number of carbonyl (C=O) groups is 1. The van der Waals surface area contributed by atoms with E-state index in [1.165, 1.54) is 0 Å². The van der Waals surface area contributed by atoms with Crippen LogP contribution in [0.5, 0.6) is 0 Å². The molecule has 1 aliphatic heterocycles. The molecule has 5 aromatic rings. The molecular weight excluding hydrogens is 458 g/mol. The van der Waals surface area contributed by atoms with Crippen LogP contribution in [-0.2, 0) is 0 Å². The second-order valence-corrected chi connectivity index (χ2v) is 9.85. The minimum Gasteiger partial charge on any atom is -0.352 e. The van der Waals surface area contributed by atoms with Gasteiger partial charge in [-0.05, 0) is 31.4 Å². The van der Waals surface area contributed by atoms with Crippen molar-refractivity contribution in [2.24, 2.45) is 0 Å². The van der Waals surface area contributed by atoms with E-state index in [1.54, 1.807) is 23.9 Å². The molecule has 0 saturated carbocycles. The summed E-state index contributed by atoms with van der Waals surface area (Å²) in [6, 6.07) is 14.1. The first-order valence-electron chi connectivity index (χ1n) is 11.8. The summed E-state index contributed by atoms with van der Waals surface area (Å²) in [4.78, 5) is 32.8. The number of fused-ring (bicyclic) bond motifs is 2. The van der Waals surface area contributed by atoms with E-state index in [4.69, 9.17) is 4.98 Å². The van der Waals surface area contributed by atoms with E-state index in [2.05, 4.69) is 39.9 Å². The van der Waals surface area contributed by atoms with Crippen molar-refractivity contribution in [3.63, 3.8) is 0 Å². The summed E-state index contributed by atoms with van der Waals surface area (Å²) < 4.78 is 1.89. The average Bonchev–Trinajstić information content (AvgIpc) is 3.55. The van der Waals surface area contributed by atoms with Gasteiger partial charge in [-0.25, -0.2) is 19.6 Å². The second kappa shape index (κ2) is 8.74. The zero-order valence-electron chi connectivity index (χ0n) is 19.6. The molecule has 1 aliphatic rings. The molecule has 1 saturated heterocycles. The Bertz CT molecular complexity index is 1520. The Morgan fingerprint density at radius 3 is 2.57 bits per heavy atom. The van der Waals surface area contributed by atoms with Gasteiger partial charge in [0.25, 0.3) is 5.91 Å². The molecule has 1 aromatic carbocycles. The van der Waals surface area contributed by atoms with Crippen LogP contribution in [0.2, 0.25) is 0 Å². The Morgan fingerprint density at radius 1 is 1.00 bits per heavy atom.